The second-order valence-electron chi connectivity index (χ2n) is 5.07. The Morgan fingerprint density at radius 2 is 1.62 bits per heavy atom. The molecule has 2 aromatic carbocycles. The first kappa shape index (κ1) is 17.8. The van der Waals surface area contributed by atoms with Gasteiger partial charge >= 0.3 is 6.18 Å². The van der Waals surface area contributed by atoms with Crippen molar-refractivity contribution in [1.29, 1.82) is 5.26 Å². The van der Waals surface area contributed by atoms with E-state index in [1.165, 1.54) is 6.92 Å². The minimum absolute atomic E-state index is 0.137. The number of nitrogens with zero attached hydrogens (tertiary/aromatic N) is 1. The Morgan fingerprint density at radius 1 is 1.08 bits per heavy atom. The smallest absolute Gasteiger partial charge is 0.351 e. The molecule has 1 atom stereocenters. The second kappa shape index (κ2) is 6.54. The highest BCUT2D eigenvalue weighted by atomic mass is 35.5. The first-order chi connectivity index (χ1) is 11.2. The summed E-state index contributed by atoms with van der Waals surface area (Å²) in [6, 6.07) is 12.2. The Balaban J connectivity index is 2.40. The first-order valence-corrected chi connectivity index (χ1v) is 7.21. The number of hydrogen-bond acceptors (Lipinski definition) is 3. The van der Waals surface area contributed by atoms with Gasteiger partial charge in [0.2, 0.25) is 5.00 Å². The Morgan fingerprint density at radius 3 is 2.12 bits per heavy atom. The number of nitrogens with one attached hydrogen (secondary N) is 1. The number of carbonyl (C=O) groups excluding carboxylic acids is 1. The summed E-state index contributed by atoms with van der Waals surface area (Å²) in [7, 11) is 0. The average molecular weight is 353 g/mol. The fourth-order valence-electron chi connectivity index (χ4n) is 2.14. The van der Waals surface area contributed by atoms with Gasteiger partial charge in [-0.25, -0.2) is 0 Å². The van der Waals surface area contributed by atoms with Crippen LogP contribution >= 0.6 is 11.6 Å². The molecule has 0 aliphatic heterocycles. The predicted molar refractivity (Wildman–Crippen MR) is 84.7 cm³/mol. The van der Waals surface area contributed by atoms with Gasteiger partial charge in [0.15, 0.2) is 5.78 Å². The molecular weight excluding hydrogens is 341 g/mol. The molecule has 2 rings (SSSR count). The van der Waals surface area contributed by atoms with Crippen molar-refractivity contribution in [2.75, 3.05) is 5.32 Å². The van der Waals surface area contributed by atoms with Gasteiger partial charge in [0.05, 0.1) is 5.56 Å². The number of carbonyl (C=O) groups is 1. The van der Waals surface area contributed by atoms with E-state index in [9.17, 15) is 23.2 Å². The number of ketones is 1. The molecule has 3 nitrogen and oxygen atoms in total. The van der Waals surface area contributed by atoms with Gasteiger partial charge in [-0.3, -0.25) is 4.79 Å². The molecule has 1 unspecified atom stereocenters. The number of alkyl halides is 4. The summed E-state index contributed by atoms with van der Waals surface area (Å²) in [6.45, 7) is 1.36. The third-order valence-electron chi connectivity index (χ3n) is 3.38. The van der Waals surface area contributed by atoms with Gasteiger partial charge in [0, 0.05) is 16.8 Å². The predicted octanol–water partition coefficient (Wildman–Crippen LogP) is 4.94. The van der Waals surface area contributed by atoms with Gasteiger partial charge in [-0.1, -0.05) is 35.9 Å². The highest BCUT2D eigenvalue weighted by Gasteiger charge is 2.34. The van der Waals surface area contributed by atoms with Crippen LogP contribution in [0.2, 0.25) is 0 Å². The molecule has 0 spiro atoms. The van der Waals surface area contributed by atoms with Crippen molar-refractivity contribution < 1.29 is 18.0 Å². The summed E-state index contributed by atoms with van der Waals surface area (Å²) < 4.78 is 37.9. The van der Waals surface area contributed by atoms with Crippen LogP contribution in [0, 0.1) is 11.3 Å². The van der Waals surface area contributed by atoms with Crippen molar-refractivity contribution in [3.05, 3.63) is 65.2 Å². The van der Waals surface area contributed by atoms with Gasteiger partial charge < -0.3 is 5.32 Å². The maximum Gasteiger partial charge on any atom is 0.416 e. The van der Waals surface area contributed by atoms with E-state index < -0.39 is 16.7 Å². The molecule has 0 radical (unpaired) electrons. The second-order valence-corrected chi connectivity index (χ2v) is 5.64. The molecule has 1 N–H and O–H groups in total. The third kappa shape index (κ3) is 3.69. The van der Waals surface area contributed by atoms with Crippen LogP contribution in [-0.4, -0.2) is 5.78 Å². The van der Waals surface area contributed by atoms with Gasteiger partial charge in [-0.15, -0.1) is 0 Å². The van der Waals surface area contributed by atoms with E-state index >= 15 is 0 Å². The monoisotopic (exact) mass is 352 g/mol. The molecule has 0 aliphatic rings. The number of hydrogen-bond donors (Lipinski definition) is 1. The van der Waals surface area contributed by atoms with Crippen LogP contribution in [-0.2, 0) is 11.2 Å². The van der Waals surface area contributed by atoms with Crippen molar-refractivity contribution >= 4 is 23.1 Å². The molecule has 124 valence electrons. The Kier molecular flexibility index (Phi) is 4.86. The van der Waals surface area contributed by atoms with Crippen molar-refractivity contribution in [2.24, 2.45) is 0 Å². The van der Waals surface area contributed by atoms with Crippen molar-refractivity contribution in [3.8, 4) is 6.07 Å². The van der Waals surface area contributed by atoms with Crippen LogP contribution in [0.25, 0.3) is 0 Å². The van der Waals surface area contributed by atoms with Crippen molar-refractivity contribution in [1.82, 2.24) is 0 Å². The van der Waals surface area contributed by atoms with Crippen molar-refractivity contribution in [2.45, 2.75) is 18.1 Å². The number of halogens is 4. The van der Waals surface area contributed by atoms with Crippen LogP contribution in [0.5, 0.6) is 0 Å². The highest BCUT2D eigenvalue weighted by Crippen LogP contribution is 2.34. The molecule has 0 aromatic heterocycles. The zero-order valence-corrected chi connectivity index (χ0v) is 13.2. The number of rotatable bonds is 4. The van der Waals surface area contributed by atoms with Gasteiger partial charge in [-0.2, -0.15) is 18.4 Å². The van der Waals surface area contributed by atoms with Crippen LogP contribution in [0.4, 0.5) is 18.9 Å². The van der Waals surface area contributed by atoms with Gasteiger partial charge in [-0.05, 0) is 31.2 Å². The molecular formula is C17H12ClF3N2O. The standard InChI is InChI=1S/C17H12ClF3N2O/c1-11(24)14-4-2-3-5-15(14)23-16(18,10-22)12-6-8-13(9-7-12)17(19,20)21/h2-9,23H,1H3. The van der Waals surface area contributed by atoms with Crippen LogP contribution in [0.1, 0.15) is 28.4 Å². The number of para-hydroxylation sites is 1. The third-order valence-corrected chi connectivity index (χ3v) is 3.77. The van der Waals surface area contributed by atoms with E-state index in [2.05, 4.69) is 5.32 Å². The largest absolute Gasteiger partial charge is 0.416 e. The normalized spacial score (nSPS) is 13.7. The summed E-state index contributed by atoms with van der Waals surface area (Å²) in [6.07, 6.45) is -4.48. The van der Waals surface area contributed by atoms with Gasteiger partial charge in [0.1, 0.15) is 6.07 Å². The molecule has 2 aromatic rings. The number of anilines is 1. The molecule has 0 heterocycles. The minimum Gasteiger partial charge on any atom is -0.351 e. The lowest BCUT2D eigenvalue weighted by atomic mass is 10.0. The lowest BCUT2D eigenvalue weighted by Gasteiger charge is -2.24. The number of nitriles is 1. The fourth-order valence-corrected chi connectivity index (χ4v) is 2.37. The number of Topliss-reactive ketones (excluding diaryl/α,β-unsaturated/α-hetero) is 1. The molecule has 0 bridgehead atoms. The summed E-state index contributed by atoms with van der Waals surface area (Å²) in [4.78, 5) is 9.83. The van der Waals surface area contributed by atoms with Crippen LogP contribution < -0.4 is 5.32 Å². The lowest BCUT2D eigenvalue weighted by molar-refractivity contribution is -0.137. The number of benzene rings is 2. The minimum atomic E-state index is -4.48. The van der Waals surface area contributed by atoms with Crippen LogP contribution in [0.3, 0.4) is 0 Å². The quantitative estimate of drug-likeness (QED) is 0.482. The summed E-state index contributed by atoms with van der Waals surface area (Å²) in [5.74, 6) is -0.234. The molecule has 0 fully saturated rings. The summed E-state index contributed by atoms with van der Waals surface area (Å²) >= 11 is 6.26. The molecule has 7 heteroatoms. The Labute approximate surface area is 141 Å². The summed E-state index contributed by atoms with van der Waals surface area (Å²) in [5, 5.41) is 12.1. The lowest BCUT2D eigenvalue weighted by Crippen LogP contribution is -2.28. The van der Waals surface area contributed by atoms with E-state index in [1.54, 1.807) is 24.3 Å². The zero-order valence-electron chi connectivity index (χ0n) is 12.5. The molecule has 0 aliphatic carbocycles. The van der Waals surface area contributed by atoms with Crippen molar-refractivity contribution in [3.63, 3.8) is 0 Å². The average Bonchev–Trinajstić information content (AvgIpc) is 2.54. The molecule has 24 heavy (non-hydrogen) atoms. The maximum absolute atomic E-state index is 12.6. The summed E-state index contributed by atoms with van der Waals surface area (Å²) in [5.41, 5.74) is -0.0588. The molecule has 0 amide bonds. The SMILES string of the molecule is CC(=O)c1ccccc1NC(Cl)(C#N)c1ccc(C(F)(F)F)cc1. The molecule has 0 saturated heterocycles. The van der Waals surface area contributed by atoms with E-state index in [0.29, 0.717) is 11.3 Å². The zero-order chi connectivity index (χ0) is 18.0. The van der Waals surface area contributed by atoms with E-state index in [1.807, 2.05) is 6.07 Å². The first-order valence-electron chi connectivity index (χ1n) is 6.83. The molecule has 0 saturated carbocycles. The van der Waals surface area contributed by atoms with E-state index in [4.69, 9.17) is 11.6 Å². The highest BCUT2D eigenvalue weighted by molar-refractivity contribution is 6.27. The fraction of sp³-hybridized carbons (Fsp3) is 0.176. The van der Waals surface area contributed by atoms with E-state index in [0.717, 1.165) is 24.3 Å². The van der Waals surface area contributed by atoms with E-state index in [-0.39, 0.29) is 11.3 Å². The van der Waals surface area contributed by atoms with Crippen LogP contribution in [0.15, 0.2) is 48.5 Å². The Bertz CT molecular complexity index is 797. The Hall–Kier alpha value is -2.52. The maximum atomic E-state index is 12.6. The topological polar surface area (TPSA) is 52.9 Å². The van der Waals surface area contributed by atoms with Gasteiger partial charge in [0.25, 0.3) is 0 Å².